The van der Waals surface area contributed by atoms with Gasteiger partial charge >= 0.3 is 11.9 Å². The summed E-state index contributed by atoms with van der Waals surface area (Å²) in [5.41, 5.74) is -1.11. The lowest BCUT2D eigenvalue weighted by atomic mass is 9.91. The molecule has 0 aliphatic heterocycles. The summed E-state index contributed by atoms with van der Waals surface area (Å²) < 4.78 is 30.4. The van der Waals surface area contributed by atoms with Crippen molar-refractivity contribution in [1.29, 1.82) is 5.26 Å². The highest BCUT2D eigenvalue weighted by Gasteiger charge is 2.33. The van der Waals surface area contributed by atoms with Gasteiger partial charge in [-0.3, -0.25) is 0 Å². The normalized spacial score (nSPS) is 12.1. The van der Waals surface area contributed by atoms with Gasteiger partial charge in [0.2, 0.25) is 0 Å². The van der Waals surface area contributed by atoms with Gasteiger partial charge in [0, 0.05) is 18.9 Å². The Morgan fingerprint density at radius 3 is 2.24 bits per heavy atom. The molecule has 0 bridgehead atoms. The molecule has 6 nitrogen and oxygen atoms in total. The minimum absolute atomic E-state index is 0.151. The van der Waals surface area contributed by atoms with Crippen molar-refractivity contribution in [2.75, 3.05) is 6.61 Å². The number of hydrogen-bond donors (Lipinski definition) is 0. The molecule has 1 unspecified atom stereocenters. The predicted molar refractivity (Wildman–Crippen MR) is 140 cm³/mol. The molecule has 0 saturated heterocycles. The van der Waals surface area contributed by atoms with Crippen LogP contribution in [0.4, 0.5) is 4.39 Å². The molecule has 2 aromatic rings. The molecule has 1 atom stereocenters. The molecule has 0 heterocycles. The van der Waals surface area contributed by atoms with Crippen LogP contribution in [0, 0.1) is 17.1 Å². The molecule has 0 radical (unpaired) electrons. The van der Waals surface area contributed by atoms with Gasteiger partial charge < -0.3 is 14.2 Å². The maximum Gasteiger partial charge on any atom is 0.347 e. The summed E-state index contributed by atoms with van der Waals surface area (Å²) in [7, 11) is 0. The number of esters is 2. The lowest BCUT2D eigenvalue weighted by Crippen LogP contribution is -2.33. The summed E-state index contributed by atoms with van der Waals surface area (Å²) in [6, 6.07) is 14.4. The lowest BCUT2D eigenvalue weighted by molar-refractivity contribution is -0.149. The number of rotatable bonds is 17. The smallest absolute Gasteiger partial charge is 0.347 e. The Hall–Kier alpha value is -3.66. The highest BCUT2D eigenvalue weighted by molar-refractivity contribution is 5.94. The van der Waals surface area contributed by atoms with Gasteiger partial charge in [-0.2, -0.15) is 5.26 Å². The van der Waals surface area contributed by atoms with Crippen molar-refractivity contribution < 1.29 is 28.2 Å². The van der Waals surface area contributed by atoms with E-state index < -0.39 is 23.4 Å². The monoisotopic (exact) mass is 509 g/mol. The first kappa shape index (κ1) is 29.6. The average Bonchev–Trinajstić information content (AvgIpc) is 2.91. The standard InChI is InChI=1S/C30H36FNO5/c1-3-5-6-7-8-9-14-20-30(23-32,37-28(33)4-2)21-15-22-35-26-18-12-10-16-24(26)29(34)36-27-19-13-11-17-25(27)31/h4,10-13,16-19H,2-3,5-9,14-15,20-22H2,1H3. The van der Waals surface area contributed by atoms with E-state index in [2.05, 4.69) is 19.6 Å². The van der Waals surface area contributed by atoms with Gasteiger partial charge in [0.15, 0.2) is 17.2 Å². The van der Waals surface area contributed by atoms with Gasteiger partial charge in [0.25, 0.3) is 0 Å². The third-order valence-electron chi connectivity index (χ3n) is 5.98. The maximum absolute atomic E-state index is 13.9. The number of carbonyl (C=O) groups excluding carboxylic acids is 2. The van der Waals surface area contributed by atoms with Gasteiger partial charge in [0.05, 0.1) is 6.61 Å². The van der Waals surface area contributed by atoms with Crippen LogP contribution in [0.5, 0.6) is 11.5 Å². The van der Waals surface area contributed by atoms with E-state index in [0.29, 0.717) is 12.8 Å². The zero-order valence-electron chi connectivity index (χ0n) is 21.5. The molecule has 0 amide bonds. The molecule has 2 aromatic carbocycles. The van der Waals surface area contributed by atoms with E-state index in [1.54, 1.807) is 24.3 Å². The third kappa shape index (κ3) is 10.1. The zero-order valence-corrected chi connectivity index (χ0v) is 21.5. The molecule has 198 valence electrons. The average molecular weight is 510 g/mol. The summed E-state index contributed by atoms with van der Waals surface area (Å²) in [5, 5.41) is 9.90. The first-order chi connectivity index (χ1) is 17.9. The number of nitrogens with zero attached hydrogens (tertiary/aromatic N) is 1. The molecule has 0 aliphatic carbocycles. The fraction of sp³-hybridized carbons (Fsp3) is 0.433. The minimum Gasteiger partial charge on any atom is -0.493 e. The summed E-state index contributed by atoms with van der Waals surface area (Å²) in [5.74, 6) is -1.91. The highest BCUT2D eigenvalue weighted by Crippen LogP contribution is 2.27. The molecular formula is C30H36FNO5. The minimum atomic E-state index is -1.26. The van der Waals surface area contributed by atoms with Crippen molar-refractivity contribution >= 4 is 11.9 Å². The highest BCUT2D eigenvalue weighted by atomic mass is 19.1. The van der Waals surface area contributed by atoms with Crippen molar-refractivity contribution in [3.63, 3.8) is 0 Å². The molecule has 0 saturated carbocycles. The van der Waals surface area contributed by atoms with E-state index in [1.807, 2.05) is 0 Å². The number of nitriles is 1. The maximum atomic E-state index is 13.9. The summed E-state index contributed by atoms with van der Waals surface area (Å²) in [6.07, 6.45) is 9.78. The van der Waals surface area contributed by atoms with Crippen molar-refractivity contribution in [2.45, 2.75) is 76.7 Å². The molecular weight excluding hydrogens is 473 g/mol. The summed E-state index contributed by atoms with van der Waals surface area (Å²) in [4.78, 5) is 24.6. The van der Waals surface area contributed by atoms with Crippen molar-refractivity contribution in [1.82, 2.24) is 0 Å². The number of hydrogen-bond acceptors (Lipinski definition) is 6. The van der Waals surface area contributed by atoms with Crippen LogP contribution in [-0.2, 0) is 9.53 Å². The third-order valence-corrected chi connectivity index (χ3v) is 5.98. The first-order valence-corrected chi connectivity index (χ1v) is 12.9. The number of halogens is 1. The SMILES string of the molecule is C=CC(=O)OC(C#N)(CCCCCCCCC)CCCOc1ccccc1C(=O)Oc1ccccc1F. The summed E-state index contributed by atoms with van der Waals surface area (Å²) >= 11 is 0. The second-order valence-electron chi connectivity index (χ2n) is 8.87. The van der Waals surface area contributed by atoms with Crippen LogP contribution in [0.3, 0.4) is 0 Å². The van der Waals surface area contributed by atoms with Crippen molar-refractivity contribution in [3.8, 4) is 17.6 Å². The molecule has 0 fully saturated rings. The molecule has 0 N–H and O–H groups in total. The van der Waals surface area contributed by atoms with Gasteiger partial charge in [-0.05, 0) is 37.1 Å². The Bertz CT molecular complexity index is 1060. The second kappa shape index (κ2) is 16.2. The number of ether oxygens (including phenoxy) is 3. The Balaban J connectivity index is 1.95. The first-order valence-electron chi connectivity index (χ1n) is 12.9. The Morgan fingerprint density at radius 1 is 0.946 bits per heavy atom. The van der Waals surface area contributed by atoms with E-state index in [-0.39, 0.29) is 30.1 Å². The number of benzene rings is 2. The topological polar surface area (TPSA) is 85.6 Å². The summed E-state index contributed by atoms with van der Waals surface area (Å²) in [6.45, 7) is 5.79. The predicted octanol–water partition coefficient (Wildman–Crippen LogP) is 7.34. The van der Waals surface area contributed by atoms with Gasteiger partial charge in [-0.25, -0.2) is 14.0 Å². The van der Waals surface area contributed by atoms with Crippen LogP contribution in [0.15, 0.2) is 61.2 Å². The van der Waals surface area contributed by atoms with E-state index in [0.717, 1.165) is 31.8 Å². The number of carbonyl (C=O) groups is 2. The van der Waals surface area contributed by atoms with Crippen LogP contribution in [0.1, 0.15) is 81.5 Å². The van der Waals surface area contributed by atoms with Crippen LogP contribution in [0.25, 0.3) is 0 Å². The quantitative estimate of drug-likeness (QED) is 0.0960. The number of para-hydroxylation sites is 2. The second-order valence-corrected chi connectivity index (χ2v) is 8.87. The fourth-order valence-electron chi connectivity index (χ4n) is 3.95. The molecule has 0 aromatic heterocycles. The van der Waals surface area contributed by atoms with Crippen molar-refractivity contribution in [3.05, 3.63) is 72.6 Å². The van der Waals surface area contributed by atoms with E-state index in [9.17, 15) is 19.2 Å². The van der Waals surface area contributed by atoms with Crippen LogP contribution in [0.2, 0.25) is 0 Å². The van der Waals surface area contributed by atoms with Gasteiger partial charge in [-0.15, -0.1) is 0 Å². The van der Waals surface area contributed by atoms with Crippen LogP contribution >= 0.6 is 0 Å². The molecule has 0 aliphatic rings. The van der Waals surface area contributed by atoms with E-state index >= 15 is 0 Å². The van der Waals surface area contributed by atoms with Gasteiger partial charge in [0.1, 0.15) is 17.4 Å². The van der Waals surface area contributed by atoms with E-state index in [1.165, 1.54) is 43.5 Å². The van der Waals surface area contributed by atoms with E-state index in [4.69, 9.17) is 14.2 Å². The molecule has 2 rings (SSSR count). The van der Waals surface area contributed by atoms with Crippen LogP contribution < -0.4 is 9.47 Å². The van der Waals surface area contributed by atoms with Crippen molar-refractivity contribution in [2.24, 2.45) is 0 Å². The number of unbranched alkanes of at least 4 members (excludes halogenated alkanes) is 6. The lowest BCUT2D eigenvalue weighted by Gasteiger charge is -2.26. The van der Waals surface area contributed by atoms with Crippen LogP contribution in [-0.4, -0.2) is 24.1 Å². The molecule has 7 heteroatoms. The Labute approximate surface area is 219 Å². The Kier molecular flexibility index (Phi) is 12.9. The zero-order chi connectivity index (χ0) is 26.9. The van der Waals surface area contributed by atoms with Gasteiger partial charge in [-0.1, -0.05) is 76.3 Å². The molecule has 37 heavy (non-hydrogen) atoms. The molecule has 0 spiro atoms. The fourth-order valence-corrected chi connectivity index (χ4v) is 3.95. The Morgan fingerprint density at radius 2 is 1.57 bits per heavy atom. The largest absolute Gasteiger partial charge is 0.493 e.